The highest BCUT2D eigenvalue weighted by molar-refractivity contribution is 6.07. The highest BCUT2D eigenvalue weighted by atomic mass is 16.5. The zero-order chi connectivity index (χ0) is 25.7. The molecular formula is C31H35NO4. The quantitative estimate of drug-likeness (QED) is 0.189. The van der Waals surface area contributed by atoms with E-state index in [1.807, 2.05) is 46.9 Å². The number of carbonyl (C=O) groups is 1. The van der Waals surface area contributed by atoms with Gasteiger partial charge in [0.15, 0.2) is 0 Å². The zero-order valence-corrected chi connectivity index (χ0v) is 21.8. The van der Waals surface area contributed by atoms with E-state index in [9.17, 15) is 4.79 Å². The molecule has 1 heterocycles. The zero-order valence-electron chi connectivity index (χ0n) is 21.8. The predicted octanol–water partition coefficient (Wildman–Crippen LogP) is 7.29. The van der Waals surface area contributed by atoms with Crippen molar-refractivity contribution in [2.75, 3.05) is 19.8 Å². The fourth-order valence-electron chi connectivity index (χ4n) is 4.54. The minimum absolute atomic E-state index is 0.126. The fraction of sp³-hybridized carbons (Fsp3) is 0.323. The first-order chi connectivity index (χ1) is 17.4. The molecule has 0 radical (unpaired) electrons. The molecule has 0 spiro atoms. The number of rotatable bonds is 10. The lowest BCUT2D eigenvalue weighted by Crippen LogP contribution is -2.23. The number of amides is 1. The maximum atomic E-state index is 12.6. The number of aryl methyl sites for hydroxylation is 1. The second-order valence-corrected chi connectivity index (χ2v) is 9.26. The number of hydrogen-bond acceptors (Lipinski definition) is 4. The Bertz CT molecular complexity index is 1390. The van der Waals surface area contributed by atoms with Gasteiger partial charge < -0.3 is 19.2 Å². The van der Waals surface area contributed by atoms with E-state index >= 15 is 0 Å². The molecule has 4 rings (SSSR count). The average molecular weight is 486 g/mol. The first-order valence-corrected chi connectivity index (χ1v) is 12.6. The molecule has 0 bridgehead atoms. The Kier molecular flexibility index (Phi) is 8.11. The SMILES string of the molecule is CCOc1c(/C(C)=C/C(=O)NCCCOC(C)C)cc2c(-c3cccc4ccccc34)coc2c1C. The lowest BCUT2D eigenvalue weighted by Gasteiger charge is -2.15. The molecule has 3 aromatic carbocycles. The minimum atomic E-state index is -0.126. The molecule has 0 atom stereocenters. The van der Waals surface area contributed by atoms with Crippen LogP contribution >= 0.6 is 0 Å². The number of allylic oxidation sites excluding steroid dienone is 1. The smallest absolute Gasteiger partial charge is 0.244 e. The molecule has 0 aliphatic rings. The van der Waals surface area contributed by atoms with Crippen molar-refractivity contribution in [3.05, 3.63) is 72.0 Å². The molecule has 0 fully saturated rings. The van der Waals surface area contributed by atoms with E-state index in [0.29, 0.717) is 19.8 Å². The molecule has 0 saturated heterocycles. The third kappa shape index (κ3) is 5.47. The van der Waals surface area contributed by atoms with Crippen molar-refractivity contribution in [2.24, 2.45) is 0 Å². The lowest BCUT2D eigenvalue weighted by atomic mass is 9.94. The Balaban J connectivity index is 1.71. The molecular weight excluding hydrogens is 450 g/mol. The summed E-state index contributed by atoms with van der Waals surface area (Å²) in [7, 11) is 0. The first kappa shape index (κ1) is 25.5. The van der Waals surface area contributed by atoms with Crippen LogP contribution in [0.3, 0.4) is 0 Å². The van der Waals surface area contributed by atoms with Crippen LogP contribution in [0.1, 0.15) is 45.2 Å². The number of benzene rings is 3. The summed E-state index contributed by atoms with van der Waals surface area (Å²) in [6.45, 7) is 11.6. The third-order valence-corrected chi connectivity index (χ3v) is 6.26. The summed E-state index contributed by atoms with van der Waals surface area (Å²) >= 11 is 0. The molecule has 0 aliphatic carbocycles. The topological polar surface area (TPSA) is 60.7 Å². The molecule has 0 saturated carbocycles. The number of nitrogens with one attached hydrogen (secondary N) is 1. The van der Waals surface area contributed by atoms with Gasteiger partial charge in [-0.05, 0) is 69.0 Å². The van der Waals surface area contributed by atoms with E-state index < -0.39 is 0 Å². The van der Waals surface area contributed by atoms with E-state index in [1.165, 1.54) is 10.8 Å². The predicted molar refractivity (Wildman–Crippen MR) is 147 cm³/mol. The van der Waals surface area contributed by atoms with E-state index in [1.54, 1.807) is 6.08 Å². The molecule has 5 heteroatoms. The Morgan fingerprint density at radius 2 is 1.86 bits per heavy atom. The Morgan fingerprint density at radius 3 is 2.64 bits per heavy atom. The first-order valence-electron chi connectivity index (χ1n) is 12.6. The Hall–Kier alpha value is -3.57. The van der Waals surface area contributed by atoms with Crippen LogP contribution in [0.5, 0.6) is 5.75 Å². The van der Waals surface area contributed by atoms with Crippen molar-refractivity contribution >= 4 is 33.2 Å². The van der Waals surface area contributed by atoms with Crippen LogP contribution in [0, 0.1) is 6.92 Å². The van der Waals surface area contributed by atoms with Gasteiger partial charge in [-0.2, -0.15) is 0 Å². The highest BCUT2D eigenvalue weighted by Gasteiger charge is 2.20. The summed E-state index contributed by atoms with van der Waals surface area (Å²) in [4.78, 5) is 12.6. The number of ether oxygens (including phenoxy) is 2. The highest BCUT2D eigenvalue weighted by Crippen LogP contribution is 2.42. The number of fused-ring (bicyclic) bond motifs is 2. The summed E-state index contributed by atoms with van der Waals surface area (Å²) < 4.78 is 17.7. The monoisotopic (exact) mass is 485 g/mol. The summed E-state index contributed by atoms with van der Waals surface area (Å²) in [5.74, 6) is 0.620. The van der Waals surface area contributed by atoms with E-state index in [4.69, 9.17) is 13.9 Å². The van der Waals surface area contributed by atoms with Gasteiger partial charge in [0.05, 0.1) is 19.0 Å². The van der Waals surface area contributed by atoms with E-state index in [0.717, 1.165) is 51.0 Å². The van der Waals surface area contributed by atoms with Crippen LogP contribution in [0.15, 0.2) is 65.3 Å². The lowest BCUT2D eigenvalue weighted by molar-refractivity contribution is -0.116. The Morgan fingerprint density at radius 1 is 1.08 bits per heavy atom. The van der Waals surface area contributed by atoms with Gasteiger partial charge in [0.2, 0.25) is 5.91 Å². The van der Waals surface area contributed by atoms with Crippen molar-refractivity contribution in [1.29, 1.82) is 0 Å². The van der Waals surface area contributed by atoms with Crippen molar-refractivity contribution < 1.29 is 18.7 Å². The molecule has 188 valence electrons. The van der Waals surface area contributed by atoms with Crippen LogP contribution in [-0.2, 0) is 9.53 Å². The standard InChI is InChI=1S/C31H35NO4/c1-6-34-30-22(5)31-27(18-26(30)21(4)17-29(33)32-15-10-16-35-20(2)3)28(19-36-31)25-14-9-12-23-11-7-8-13-24(23)25/h7-9,11-14,17-20H,6,10,15-16H2,1-5H3,(H,32,33)/b21-17+. The summed E-state index contributed by atoms with van der Waals surface area (Å²) in [6.07, 6.45) is 4.43. The maximum Gasteiger partial charge on any atom is 0.244 e. The van der Waals surface area contributed by atoms with Crippen molar-refractivity contribution in [2.45, 2.75) is 47.1 Å². The summed E-state index contributed by atoms with van der Waals surface area (Å²) in [5.41, 5.74) is 5.59. The molecule has 1 aromatic heterocycles. The number of carbonyl (C=O) groups excluding carboxylic acids is 1. The number of furan rings is 1. The van der Waals surface area contributed by atoms with Crippen LogP contribution in [0.25, 0.3) is 38.4 Å². The van der Waals surface area contributed by atoms with Crippen molar-refractivity contribution in [3.63, 3.8) is 0 Å². The fourth-order valence-corrected chi connectivity index (χ4v) is 4.54. The van der Waals surface area contributed by atoms with E-state index in [-0.39, 0.29) is 12.0 Å². The van der Waals surface area contributed by atoms with Gasteiger partial charge in [0.25, 0.3) is 0 Å². The molecule has 1 amide bonds. The maximum absolute atomic E-state index is 12.6. The summed E-state index contributed by atoms with van der Waals surface area (Å²) in [6, 6.07) is 16.7. The molecule has 36 heavy (non-hydrogen) atoms. The van der Waals surface area contributed by atoms with Gasteiger partial charge in [-0.1, -0.05) is 42.5 Å². The van der Waals surface area contributed by atoms with Gasteiger partial charge >= 0.3 is 0 Å². The van der Waals surface area contributed by atoms with E-state index in [2.05, 4.69) is 47.8 Å². The normalized spacial score (nSPS) is 12.0. The van der Waals surface area contributed by atoms with Gasteiger partial charge in [-0.3, -0.25) is 4.79 Å². The molecule has 5 nitrogen and oxygen atoms in total. The van der Waals surface area contributed by atoms with Gasteiger partial charge in [-0.15, -0.1) is 0 Å². The molecule has 1 N–H and O–H groups in total. The molecule has 0 aliphatic heterocycles. The van der Waals surface area contributed by atoms with Crippen molar-refractivity contribution in [3.8, 4) is 16.9 Å². The van der Waals surface area contributed by atoms with Crippen LogP contribution in [0.4, 0.5) is 0 Å². The molecule has 4 aromatic rings. The number of hydrogen-bond donors (Lipinski definition) is 1. The van der Waals surface area contributed by atoms with Crippen molar-refractivity contribution in [1.82, 2.24) is 5.32 Å². The van der Waals surface area contributed by atoms with Crippen LogP contribution in [-0.4, -0.2) is 31.8 Å². The van der Waals surface area contributed by atoms with Crippen LogP contribution in [0.2, 0.25) is 0 Å². The van der Waals surface area contributed by atoms with Gasteiger partial charge in [-0.25, -0.2) is 0 Å². The van der Waals surface area contributed by atoms with Gasteiger partial charge in [0.1, 0.15) is 11.3 Å². The second kappa shape index (κ2) is 11.4. The summed E-state index contributed by atoms with van der Waals surface area (Å²) in [5, 5.41) is 6.31. The van der Waals surface area contributed by atoms with Crippen LogP contribution < -0.4 is 10.1 Å². The second-order valence-electron chi connectivity index (χ2n) is 9.26. The molecule has 0 unspecified atom stereocenters. The Labute approximate surface area is 213 Å². The minimum Gasteiger partial charge on any atom is -0.493 e. The average Bonchev–Trinajstić information content (AvgIpc) is 3.29. The largest absolute Gasteiger partial charge is 0.493 e. The van der Waals surface area contributed by atoms with Gasteiger partial charge in [0, 0.05) is 41.3 Å². The third-order valence-electron chi connectivity index (χ3n) is 6.26.